The van der Waals surface area contributed by atoms with E-state index in [1.54, 1.807) is 45.0 Å². The van der Waals surface area contributed by atoms with Gasteiger partial charge in [0.05, 0.1) is 12.5 Å². The maximum atomic E-state index is 11.5. The zero-order chi connectivity index (χ0) is 18.3. The molecule has 1 aromatic rings. The maximum Gasteiger partial charge on any atom is 0.407 e. The van der Waals surface area contributed by atoms with Gasteiger partial charge in [-0.25, -0.2) is 4.79 Å². The number of alkyl carbamates (subject to hydrolysis) is 1. The van der Waals surface area contributed by atoms with Crippen LogP contribution in [0.3, 0.4) is 0 Å². The summed E-state index contributed by atoms with van der Waals surface area (Å²) in [6, 6.07) is 6.51. The number of aliphatic hydroxyl groups is 2. The van der Waals surface area contributed by atoms with Crippen molar-refractivity contribution in [3.8, 4) is 0 Å². The van der Waals surface area contributed by atoms with Crippen LogP contribution >= 0.6 is 0 Å². The number of aliphatic carboxylic acids is 1. The Morgan fingerprint density at radius 1 is 1.21 bits per heavy atom. The Balaban J connectivity index is 2.58. The molecule has 1 rings (SSSR count). The van der Waals surface area contributed by atoms with Crippen molar-refractivity contribution >= 4 is 12.1 Å². The van der Waals surface area contributed by atoms with E-state index in [0.29, 0.717) is 11.1 Å². The number of nitrogens with one attached hydrogen (secondary N) is 1. The fourth-order valence-electron chi connectivity index (χ4n) is 2.15. The van der Waals surface area contributed by atoms with E-state index in [9.17, 15) is 19.8 Å². The lowest BCUT2D eigenvalue weighted by molar-refractivity contribution is -0.136. The molecule has 0 spiro atoms. The summed E-state index contributed by atoms with van der Waals surface area (Å²) < 4.78 is 5.07. The number of ether oxygens (including phenoxy) is 1. The second-order valence-electron chi connectivity index (χ2n) is 6.50. The number of rotatable bonds is 7. The van der Waals surface area contributed by atoms with Crippen LogP contribution in [-0.2, 0) is 16.0 Å². The van der Waals surface area contributed by atoms with Gasteiger partial charge in [0.15, 0.2) is 0 Å². The minimum atomic E-state index is -1.24. The second kappa shape index (κ2) is 8.65. The van der Waals surface area contributed by atoms with Crippen LogP contribution < -0.4 is 5.32 Å². The number of carboxylic acid groups (broad SMARTS) is 1. The number of carboxylic acids is 1. The highest BCUT2D eigenvalue weighted by molar-refractivity contribution is 5.70. The van der Waals surface area contributed by atoms with Crippen LogP contribution in [0.15, 0.2) is 24.3 Å². The molecular formula is C17H25NO6. The van der Waals surface area contributed by atoms with Crippen LogP contribution in [0.25, 0.3) is 0 Å². The Morgan fingerprint density at radius 2 is 1.83 bits per heavy atom. The minimum absolute atomic E-state index is 0.0990. The molecule has 0 saturated heterocycles. The predicted octanol–water partition coefficient (Wildman–Crippen LogP) is 1.62. The topological polar surface area (TPSA) is 116 Å². The SMILES string of the molecule is CC(C)(C)OC(=O)NCCC(O)C(O)c1ccccc1CC(=O)O. The molecule has 24 heavy (non-hydrogen) atoms. The normalized spacial score (nSPS) is 13.9. The largest absolute Gasteiger partial charge is 0.481 e. The van der Waals surface area contributed by atoms with E-state index in [-0.39, 0.29) is 19.4 Å². The molecule has 7 nitrogen and oxygen atoms in total. The van der Waals surface area contributed by atoms with Gasteiger partial charge in [-0.2, -0.15) is 0 Å². The Hall–Kier alpha value is -2.12. The smallest absolute Gasteiger partial charge is 0.407 e. The molecule has 0 heterocycles. The van der Waals surface area contributed by atoms with Crippen molar-refractivity contribution in [1.29, 1.82) is 0 Å². The lowest BCUT2D eigenvalue weighted by Gasteiger charge is -2.22. The van der Waals surface area contributed by atoms with Gasteiger partial charge in [0, 0.05) is 6.54 Å². The lowest BCUT2D eigenvalue weighted by atomic mass is 9.95. The predicted molar refractivity (Wildman–Crippen MR) is 87.6 cm³/mol. The number of carbonyl (C=O) groups excluding carboxylic acids is 1. The first kappa shape index (κ1) is 19.9. The first-order valence-corrected chi connectivity index (χ1v) is 7.72. The summed E-state index contributed by atoms with van der Waals surface area (Å²) in [5.74, 6) is -1.02. The van der Waals surface area contributed by atoms with E-state index in [1.165, 1.54) is 0 Å². The molecule has 2 atom stereocenters. The standard InChI is InChI=1S/C17H25NO6/c1-17(2,3)24-16(23)18-9-8-13(19)15(22)12-7-5-4-6-11(12)10-14(20)21/h4-7,13,15,19,22H,8-10H2,1-3H3,(H,18,23)(H,20,21). The fraction of sp³-hybridized carbons (Fsp3) is 0.529. The molecule has 2 unspecified atom stereocenters. The number of amides is 1. The Labute approximate surface area is 141 Å². The molecular weight excluding hydrogens is 314 g/mol. The van der Waals surface area contributed by atoms with Crippen LogP contribution in [0, 0.1) is 0 Å². The van der Waals surface area contributed by atoms with Crippen molar-refractivity contribution in [2.45, 2.75) is 51.4 Å². The number of hydrogen-bond acceptors (Lipinski definition) is 5. The van der Waals surface area contributed by atoms with Crippen LogP contribution in [-0.4, -0.2) is 45.6 Å². The molecule has 7 heteroatoms. The Morgan fingerprint density at radius 3 is 2.42 bits per heavy atom. The second-order valence-corrected chi connectivity index (χ2v) is 6.50. The van der Waals surface area contributed by atoms with Crippen LogP contribution in [0.1, 0.15) is 44.4 Å². The molecule has 0 aliphatic carbocycles. The Kier molecular flexibility index (Phi) is 7.18. The van der Waals surface area contributed by atoms with Gasteiger partial charge in [-0.15, -0.1) is 0 Å². The van der Waals surface area contributed by atoms with Gasteiger partial charge in [0.1, 0.15) is 11.7 Å². The van der Waals surface area contributed by atoms with E-state index >= 15 is 0 Å². The van der Waals surface area contributed by atoms with Crippen LogP contribution in [0.2, 0.25) is 0 Å². The van der Waals surface area contributed by atoms with E-state index in [4.69, 9.17) is 9.84 Å². The van der Waals surface area contributed by atoms with Gasteiger partial charge in [0.25, 0.3) is 0 Å². The van der Waals surface area contributed by atoms with Gasteiger partial charge in [-0.3, -0.25) is 4.79 Å². The summed E-state index contributed by atoms with van der Waals surface area (Å²) in [6.07, 6.45) is -3.12. The summed E-state index contributed by atoms with van der Waals surface area (Å²) in [5.41, 5.74) is 0.194. The number of hydrogen-bond donors (Lipinski definition) is 4. The van der Waals surface area contributed by atoms with Gasteiger partial charge in [-0.1, -0.05) is 24.3 Å². The summed E-state index contributed by atoms with van der Waals surface area (Å²) in [6.45, 7) is 5.34. The molecule has 0 saturated carbocycles. The zero-order valence-electron chi connectivity index (χ0n) is 14.2. The molecule has 0 bridgehead atoms. The highest BCUT2D eigenvalue weighted by atomic mass is 16.6. The molecule has 0 radical (unpaired) electrons. The highest BCUT2D eigenvalue weighted by Gasteiger charge is 2.22. The van der Waals surface area contributed by atoms with E-state index in [0.717, 1.165) is 0 Å². The Bertz CT molecular complexity index is 566. The van der Waals surface area contributed by atoms with Crippen molar-refractivity contribution in [1.82, 2.24) is 5.32 Å². The molecule has 1 aromatic carbocycles. The molecule has 0 aliphatic heterocycles. The first-order valence-electron chi connectivity index (χ1n) is 7.72. The molecule has 0 aliphatic rings. The average molecular weight is 339 g/mol. The van der Waals surface area contributed by atoms with Gasteiger partial charge in [0.2, 0.25) is 0 Å². The van der Waals surface area contributed by atoms with Gasteiger partial charge < -0.3 is 25.4 Å². The monoisotopic (exact) mass is 339 g/mol. The first-order chi connectivity index (χ1) is 11.1. The quantitative estimate of drug-likeness (QED) is 0.600. The third kappa shape index (κ3) is 6.97. The lowest BCUT2D eigenvalue weighted by Crippen LogP contribution is -2.34. The summed E-state index contributed by atoms with van der Waals surface area (Å²) in [7, 11) is 0. The molecule has 0 fully saturated rings. The maximum absolute atomic E-state index is 11.5. The number of aliphatic hydroxyl groups excluding tert-OH is 2. The third-order valence-corrected chi connectivity index (χ3v) is 3.19. The van der Waals surface area contributed by atoms with Crippen molar-refractivity contribution in [3.05, 3.63) is 35.4 Å². The zero-order valence-corrected chi connectivity index (χ0v) is 14.2. The molecule has 134 valence electrons. The fourth-order valence-corrected chi connectivity index (χ4v) is 2.15. The summed E-state index contributed by atoms with van der Waals surface area (Å²) in [5, 5.41) is 31.7. The average Bonchev–Trinajstić information content (AvgIpc) is 2.44. The van der Waals surface area contributed by atoms with E-state index in [2.05, 4.69) is 5.32 Å². The van der Waals surface area contributed by atoms with E-state index in [1.807, 2.05) is 0 Å². The van der Waals surface area contributed by atoms with Gasteiger partial charge in [-0.05, 0) is 38.3 Å². The van der Waals surface area contributed by atoms with Crippen molar-refractivity contribution in [2.75, 3.05) is 6.54 Å². The van der Waals surface area contributed by atoms with Crippen molar-refractivity contribution in [3.63, 3.8) is 0 Å². The van der Waals surface area contributed by atoms with Crippen LogP contribution in [0.4, 0.5) is 4.79 Å². The number of carbonyl (C=O) groups is 2. The summed E-state index contributed by atoms with van der Waals surface area (Å²) >= 11 is 0. The summed E-state index contributed by atoms with van der Waals surface area (Å²) in [4.78, 5) is 22.4. The van der Waals surface area contributed by atoms with Crippen molar-refractivity contribution in [2.24, 2.45) is 0 Å². The molecule has 1 amide bonds. The highest BCUT2D eigenvalue weighted by Crippen LogP contribution is 2.23. The molecule has 4 N–H and O–H groups in total. The van der Waals surface area contributed by atoms with E-state index < -0.39 is 29.9 Å². The third-order valence-electron chi connectivity index (χ3n) is 3.19. The minimum Gasteiger partial charge on any atom is -0.481 e. The van der Waals surface area contributed by atoms with Gasteiger partial charge >= 0.3 is 12.1 Å². The van der Waals surface area contributed by atoms with Crippen LogP contribution in [0.5, 0.6) is 0 Å². The molecule has 0 aromatic heterocycles. The van der Waals surface area contributed by atoms with Crippen molar-refractivity contribution < 1.29 is 29.6 Å². The number of benzene rings is 1.